The number of aromatic nitrogens is 4. The van der Waals surface area contributed by atoms with Gasteiger partial charge in [0.05, 0.1) is 23.6 Å². The molecule has 1 amide bonds. The SMILES string of the molecule is Cn1c(=O)n(Cc2cccc(F)c2)c(=O)c2cc(C(=O)NCc3cccnc3)ncc21. The van der Waals surface area contributed by atoms with E-state index in [1.54, 1.807) is 24.5 Å². The summed E-state index contributed by atoms with van der Waals surface area (Å²) in [4.78, 5) is 46.3. The van der Waals surface area contributed by atoms with Gasteiger partial charge in [-0.25, -0.2) is 14.2 Å². The molecule has 8 nitrogen and oxygen atoms in total. The van der Waals surface area contributed by atoms with E-state index in [9.17, 15) is 18.8 Å². The highest BCUT2D eigenvalue weighted by atomic mass is 19.1. The first-order valence-electron chi connectivity index (χ1n) is 9.45. The van der Waals surface area contributed by atoms with Crippen molar-refractivity contribution in [2.75, 3.05) is 0 Å². The van der Waals surface area contributed by atoms with E-state index < -0.39 is 23.0 Å². The van der Waals surface area contributed by atoms with Gasteiger partial charge in [-0.05, 0) is 35.4 Å². The number of pyridine rings is 2. The van der Waals surface area contributed by atoms with Gasteiger partial charge in [-0.15, -0.1) is 0 Å². The molecule has 4 rings (SSSR count). The molecule has 0 unspecified atom stereocenters. The normalized spacial score (nSPS) is 10.9. The van der Waals surface area contributed by atoms with E-state index in [1.807, 2.05) is 6.07 Å². The van der Waals surface area contributed by atoms with Gasteiger partial charge in [-0.2, -0.15) is 0 Å². The highest BCUT2D eigenvalue weighted by molar-refractivity contribution is 5.95. The number of nitrogens with zero attached hydrogens (tertiary/aromatic N) is 4. The minimum absolute atomic E-state index is 0.0458. The largest absolute Gasteiger partial charge is 0.347 e. The summed E-state index contributed by atoms with van der Waals surface area (Å²) in [5.41, 5.74) is 0.501. The molecular weight excluding hydrogens is 401 g/mol. The van der Waals surface area contributed by atoms with E-state index in [0.29, 0.717) is 11.1 Å². The fourth-order valence-electron chi connectivity index (χ4n) is 3.26. The summed E-state index contributed by atoms with van der Waals surface area (Å²) >= 11 is 0. The molecular formula is C22H18FN5O3. The lowest BCUT2D eigenvalue weighted by atomic mass is 10.2. The number of aryl methyl sites for hydroxylation is 1. The Morgan fingerprint density at radius 3 is 2.65 bits per heavy atom. The Balaban J connectivity index is 1.70. The lowest BCUT2D eigenvalue weighted by Crippen LogP contribution is -2.39. The summed E-state index contributed by atoms with van der Waals surface area (Å²) < 4.78 is 15.8. The Hall–Kier alpha value is -4.14. The van der Waals surface area contributed by atoms with Crippen LogP contribution in [0.25, 0.3) is 10.9 Å². The Morgan fingerprint density at radius 1 is 1.10 bits per heavy atom. The van der Waals surface area contributed by atoms with Crippen LogP contribution >= 0.6 is 0 Å². The molecule has 0 bridgehead atoms. The molecule has 1 aromatic carbocycles. The average Bonchev–Trinajstić information content (AvgIpc) is 2.79. The lowest BCUT2D eigenvalue weighted by molar-refractivity contribution is 0.0946. The van der Waals surface area contributed by atoms with Crippen molar-refractivity contribution in [3.05, 3.63) is 105 Å². The predicted molar refractivity (Wildman–Crippen MR) is 112 cm³/mol. The molecule has 1 N–H and O–H groups in total. The van der Waals surface area contributed by atoms with E-state index >= 15 is 0 Å². The third-order valence-electron chi connectivity index (χ3n) is 4.88. The quantitative estimate of drug-likeness (QED) is 0.530. The maximum atomic E-state index is 13.5. The first-order valence-corrected chi connectivity index (χ1v) is 9.45. The molecule has 0 radical (unpaired) electrons. The van der Waals surface area contributed by atoms with Crippen LogP contribution in [0.4, 0.5) is 4.39 Å². The maximum absolute atomic E-state index is 13.5. The van der Waals surface area contributed by atoms with Gasteiger partial charge < -0.3 is 5.32 Å². The molecule has 4 aromatic rings. The highest BCUT2D eigenvalue weighted by Gasteiger charge is 2.15. The Kier molecular flexibility index (Phi) is 5.40. The number of carbonyl (C=O) groups is 1. The van der Waals surface area contributed by atoms with Crippen LogP contribution in [0.2, 0.25) is 0 Å². The molecule has 156 valence electrons. The summed E-state index contributed by atoms with van der Waals surface area (Å²) in [6.45, 7) is 0.160. The second kappa shape index (κ2) is 8.31. The van der Waals surface area contributed by atoms with Crippen LogP contribution in [0.1, 0.15) is 21.6 Å². The van der Waals surface area contributed by atoms with Crippen LogP contribution in [0.5, 0.6) is 0 Å². The molecule has 9 heteroatoms. The highest BCUT2D eigenvalue weighted by Crippen LogP contribution is 2.10. The van der Waals surface area contributed by atoms with Crippen LogP contribution in [0, 0.1) is 5.82 Å². The van der Waals surface area contributed by atoms with Crippen molar-refractivity contribution in [3.8, 4) is 0 Å². The minimum atomic E-state index is -0.578. The van der Waals surface area contributed by atoms with Crippen molar-refractivity contribution in [2.24, 2.45) is 7.05 Å². The fourth-order valence-corrected chi connectivity index (χ4v) is 3.26. The van der Waals surface area contributed by atoms with Gasteiger partial charge in [0.2, 0.25) is 0 Å². The third-order valence-corrected chi connectivity index (χ3v) is 4.88. The first-order chi connectivity index (χ1) is 14.9. The van der Waals surface area contributed by atoms with Gasteiger partial charge in [0.1, 0.15) is 11.5 Å². The number of benzene rings is 1. The lowest BCUT2D eigenvalue weighted by Gasteiger charge is -2.12. The summed E-state index contributed by atoms with van der Waals surface area (Å²) in [6.07, 6.45) is 4.59. The van der Waals surface area contributed by atoms with Crippen LogP contribution in [0.3, 0.4) is 0 Å². The summed E-state index contributed by atoms with van der Waals surface area (Å²) in [5.74, 6) is -0.921. The maximum Gasteiger partial charge on any atom is 0.331 e. The van der Waals surface area contributed by atoms with Crippen molar-refractivity contribution >= 4 is 16.8 Å². The zero-order valence-electron chi connectivity index (χ0n) is 16.6. The van der Waals surface area contributed by atoms with Crippen molar-refractivity contribution in [1.82, 2.24) is 24.4 Å². The Morgan fingerprint density at radius 2 is 1.90 bits per heavy atom. The predicted octanol–water partition coefficient (Wildman–Crippen LogP) is 1.61. The van der Waals surface area contributed by atoms with Gasteiger partial charge in [0.25, 0.3) is 11.5 Å². The average molecular weight is 419 g/mol. The van der Waals surface area contributed by atoms with Crippen LogP contribution < -0.4 is 16.6 Å². The second-order valence-corrected chi connectivity index (χ2v) is 6.99. The summed E-state index contributed by atoms with van der Waals surface area (Å²) in [7, 11) is 1.51. The molecule has 3 aromatic heterocycles. The number of hydrogen-bond acceptors (Lipinski definition) is 5. The molecule has 0 fully saturated rings. The number of nitrogens with one attached hydrogen (secondary N) is 1. The van der Waals surface area contributed by atoms with E-state index in [0.717, 1.165) is 10.1 Å². The zero-order chi connectivity index (χ0) is 22.0. The third kappa shape index (κ3) is 4.11. The fraction of sp³-hybridized carbons (Fsp3) is 0.136. The summed E-state index contributed by atoms with van der Waals surface area (Å²) in [5, 5.41) is 2.89. The van der Waals surface area contributed by atoms with E-state index in [2.05, 4.69) is 15.3 Å². The van der Waals surface area contributed by atoms with Crippen molar-refractivity contribution in [2.45, 2.75) is 13.1 Å². The van der Waals surface area contributed by atoms with Gasteiger partial charge in [-0.3, -0.25) is 23.7 Å². The minimum Gasteiger partial charge on any atom is -0.347 e. The zero-order valence-corrected chi connectivity index (χ0v) is 16.6. The second-order valence-electron chi connectivity index (χ2n) is 6.99. The smallest absolute Gasteiger partial charge is 0.331 e. The Labute approximate surface area is 175 Å². The number of amides is 1. The first kappa shape index (κ1) is 20.1. The van der Waals surface area contributed by atoms with Gasteiger partial charge in [-0.1, -0.05) is 18.2 Å². The molecule has 31 heavy (non-hydrogen) atoms. The topological polar surface area (TPSA) is 98.9 Å². The molecule has 0 aliphatic heterocycles. The number of halogens is 1. The number of hydrogen-bond donors (Lipinski definition) is 1. The van der Waals surface area contributed by atoms with E-state index in [1.165, 1.54) is 42.1 Å². The van der Waals surface area contributed by atoms with Crippen molar-refractivity contribution in [1.29, 1.82) is 0 Å². The monoisotopic (exact) mass is 419 g/mol. The van der Waals surface area contributed by atoms with Crippen LogP contribution in [-0.2, 0) is 20.1 Å². The number of carbonyl (C=O) groups excluding carboxylic acids is 1. The van der Waals surface area contributed by atoms with E-state index in [4.69, 9.17) is 0 Å². The molecule has 0 atom stereocenters. The molecule has 3 heterocycles. The number of fused-ring (bicyclic) bond motifs is 1. The molecule has 0 spiro atoms. The van der Waals surface area contributed by atoms with E-state index in [-0.39, 0.29) is 24.2 Å². The van der Waals surface area contributed by atoms with Gasteiger partial charge >= 0.3 is 5.69 Å². The number of rotatable bonds is 5. The van der Waals surface area contributed by atoms with Gasteiger partial charge in [0, 0.05) is 26.0 Å². The molecule has 0 saturated carbocycles. The Bertz CT molecular complexity index is 1400. The van der Waals surface area contributed by atoms with Gasteiger partial charge in [0.15, 0.2) is 0 Å². The van der Waals surface area contributed by atoms with Crippen LogP contribution in [0.15, 0.2) is 70.6 Å². The molecule has 0 aliphatic rings. The van der Waals surface area contributed by atoms with Crippen molar-refractivity contribution < 1.29 is 9.18 Å². The van der Waals surface area contributed by atoms with Crippen molar-refractivity contribution in [3.63, 3.8) is 0 Å². The standard InChI is InChI=1S/C22H18FN5O3/c1-27-19-12-25-18(20(29)26-11-15-5-3-7-24-10-15)9-17(19)21(30)28(22(27)31)13-14-4-2-6-16(23)8-14/h2-10,12H,11,13H2,1H3,(H,26,29). The summed E-state index contributed by atoms with van der Waals surface area (Å²) in [6, 6.07) is 10.6. The molecule has 0 aliphatic carbocycles. The molecule has 0 saturated heterocycles. The van der Waals surface area contributed by atoms with Crippen LogP contribution in [-0.4, -0.2) is 25.0 Å².